The second-order valence-corrected chi connectivity index (χ2v) is 4.07. The minimum Gasteiger partial charge on any atom is -0.454 e. The van der Waals surface area contributed by atoms with Crippen molar-refractivity contribution in [2.24, 2.45) is 0 Å². The topological polar surface area (TPSA) is 42.2 Å². The van der Waals surface area contributed by atoms with E-state index in [0.29, 0.717) is 6.42 Å². The van der Waals surface area contributed by atoms with Crippen molar-refractivity contribution >= 4 is 0 Å². The summed E-state index contributed by atoms with van der Waals surface area (Å²) in [5.74, 6) is 1.58. The van der Waals surface area contributed by atoms with E-state index in [9.17, 15) is 0 Å². The third-order valence-electron chi connectivity index (χ3n) is 2.94. The van der Waals surface area contributed by atoms with Gasteiger partial charge in [0, 0.05) is 5.56 Å². The first-order chi connectivity index (χ1) is 8.88. The lowest BCUT2D eigenvalue weighted by Crippen LogP contribution is -1.93. The number of nitriles is 1. The molecule has 0 N–H and O–H groups in total. The van der Waals surface area contributed by atoms with Gasteiger partial charge in [-0.3, -0.25) is 0 Å². The number of fused-ring (bicyclic) bond motifs is 1. The van der Waals surface area contributed by atoms with Gasteiger partial charge in [0.25, 0.3) is 0 Å². The average molecular weight is 237 g/mol. The predicted molar refractivity (Wildman–Crippen MR) is 67.3 cm³/mol. The number of para-hydroxylation sites is 1. The van der Waals surface area contributed by atoms with Crippen LogP contribution in [0.2, 0.25) is 0 Å². The summed E-state index contributed by atoms with van der Waals surface area (Å²) in [6, 6.07) is 15.9. The molecule has 1 aliphatic rings. The van der Waals surface area contributed by atoms with Crippen LogP contribution in [0.25, 0.3) is 11.1 Å². The average Bonchev–Trinajstić information content (AvgIpc) is 2.88. The van der Waals surface area contributed by atoms with Gasteiger partial charge in [-0.15, -0.1) is 0 Å². The van der Waals surface area contributed by atoms with Crippen LogP contribution in [0.5, 0.6) is 11.5 Å². The fourth-order valence-corrected chi connectivity index (χ4v) is 2.05. The Balaban J connectivity index is 2.00. The summed E-state index contributed by atoms with van der Waals surface area (Å²) in [4.78, 5) is 0. The van der Waals surface area contributed by atoms with Gasteiger partial charge in [0.15, 0.2) is 11.5 Å². The van der Waals surface area contributed by atoms with Crippen molar-refractivity contribution in [3.63, 3.8) is 0 Å². The van der Waals surface area contributed by atoms with E-state index in [2.05, 4.69) is 6.07 Å². The highest BCUT2D eigenvalue weighted by molar-refractivity contribution is 5.74. The number of nitrogens with zero attached hydrogens (tertiary/aromatic N) is 1. The van der Waals surface area contributed by atoms with E-state index in [0.717, 1.165) is 28.2 Å². The molecule has 0 atom stereocenters. The van der Waals surface area contributed by atoms with Crippen molar-refractivity contribution < 1.29 is 9.47 Å². The molecule has 0 saturated carbocycles. The molecule has 18 heavy (non-hydrogen) atoms. The smallest absolute Gasteiger partial charge is 0.231 e. The molecule has 0 saturated heterocycles. The molecule has 0 bridgehead atoms. The Morgan fingerprint density at radius 2 is 1.89 bits per heavy atom. The molecule has 0 fully saturated rings. The van der Waals surface area contributed by atoms with Gasteiger partial charge >= 0.3 is 0 Å². The van der Waals surface area contributed by atoms with Crippen LogP contribution in [0.4, 0.5) is 0 Å². The van der Waals surface area contributed by atoms with Crippen LogP contribution in [0, 0.1) is 11.3 Å². The highest BCUT2D eigenvalue weighted by Crippen LogP contribution is 2.40. The molecule has 0 unspecified atom stereocenters. The van der Waals surface area contributed by atoms with Crippen molar-refractivity contribution in [3.8, 4) is 28.7 Å². The molecule has 0 aliphatic carbocycles. The van der Waals surface area contributed by atoms with Crippen LogP contribution in [-0.4, -0.2) is 6.79 Å². The summed E-state index contributed by atoms with van der Waals surface area (Å²) in [6.07, 6.45) is 0.437. The van der Waals surface area contributed by atoms with Crippen molar-refractivity contribution in [1.82, 2.24) is 0 Å². The molecule has 88 valence electrons. The Morgan fingerprint density at radius 3 is 2.67 bits per heavy atom. The van der Waals surface area contributed by atoms with Gasteiger partial charge in [-0.1, -0.05) is 36.4 Å². The van der Waals surface area contributed by atoms with E-state index < -0.39 is 0 Å². The number of benzene rings is 2. The van der Waals surface area contributed by atoms with Crippen molar-refractivity contribution in [2.75, 3.05) is 6.79 Å². The Bertz CT molecular complexity index is 611. The Hall–Kier alpha value is -2.47. The highest BCUT2D eigenvalue weighted by Gasteiger charge is 2.17. The molecule has 1 heterocycles. The number of hydrogen-bond acceptors (Lipinski definition) is 3. The van der Waals surface area contributed by atoms with Crippen molar-refractivity contribution in [2.45, 2.75) is 6.42 Å². The fourth-order valence-electron chi connectivity index (χ4n) is 2.05. The normalized spacial score (nSPS) is 12.2. The first-order valence-electron chi connectivity index (χ1n) is 5.73. The van der Waals surface area contributed by atoms with Crippen LogP contribution in [0.1, 0.15) is 5.56 Å². The van der Waals surface area contributed by atoms with Crippen LogP contribution < -0.4 is 9.47 Å². The van der Waals surface area contributed by atoms with Gasteiger partial charge in [-0.2, -0.15) is 5.26 Å². The molecule has 3 rings (SSSR count). The minimum absolute atomic E-state index is 0.277. The van der Waals surface area contributed by atoms with Gasteiger partial charge in [-0.05, 0) is 17.2 Å². The van der Waals surface area contributed by atoms with E-state index in [1.165, 1.54) is 0 Å². The van der Waals surface area contributed by atoms with E-state index in [1.54, 1.807) is 0 Å². The lowest BCUT2D eigenvalue weighted by molar-refractivity contribution is 0.174. The number of hydrogen-bond donors (Lipinski definition) is 0. The Kier molecular flexibility index (Phi) is 2.62. The first kappa shape index (κ1) is 10.7. The van der Waals surface area contributed by atoms with Gasteiger partial charge < -0.3 is 9.47 Å². The second kappa shape index (κ2) is 4.42. The van der Waals surface area contributed by atoms with Gasteiger partial charge in [0.1, 0.15) is 0 Å². The lowest BCUT2D eigenvalue weighted by Gasteiger charge is -2.06. The van der Waals surface area contributed by atoms with Crippen LogP contribution in [-0.2, 0) is 6.42 Å². The van der Waals surface area contributed by atoms with Crippen molar-refractivity contribution in [3.05, 3.63) is 48.0 Å². The minimum atomic E-state index is 0.277. The summed E-state index contributed by atoms with van der Waals surface area (Å²) in [6.45, 7) is 0.277. The Labute approximate surface area is 105 Å². The zero-order valence-corrected chi connectivity index (χ0v) is 9.72. The molecule has 1 aliphatic heterocycles. The maximum atomic E-state index is 8.65. The predicted octanol–water partition coefficient (Wildman–Crippen LogP) is 3.15. The third kappa shape index (κ3) is 1.78. The van der Waals surface area contributed by atoms with Crippen molar-refractivity contribution in [1.29, 1.82) is 5.26 Å². The van der Waals surface area contributed by atoms with E-state index in [1.807, 2.05) is 42.5 Å². The number of ether oxygens (including phenoxy) is 2. The summed E-state index contributed by atoms with van der Waals surface area (Å²) in [5.41, 5.74) is 3.11. The maximum Gasteiger partial charge on any atom is 0.231 e. The SMILES string of the molecule is N#CCc1ccc(-c2cccc3c2OCO3)cc1. The summed E-state index contributed by atoms with van der Waals surface area (Å²) >= 11 is 0. The molecule has 3 nitrogen and oxygen atoms in total. The fraction of sp³-hybridized carbons (Fsp3) is 0.133. The second-order valence-electron chi connectivity index (χ2n) is 4.07. The molecule has 2 aromatic rings. The monoisotopic (exact) mass is 237 g/mol. The van der Waals surface area contributed by atoms with Crippen LogP contribution >= 0.6 is 0 Å². The van der Waals surface area contributed by atoms with Gasteiger partial charge in [-0.25, -0.2) is 0 Å². The third-order valence-corrected chi connectivity index (χ3v) is 2.94. The zero-order valence-electron chi connectivity index (χ0n) is 9.72. The molecule has 0 aromatic heterocycles. The molecule has 0 radical (unpaired) electrons. The first-order valence-corrected chi connectivity index (χ1v) is 5.73. The lowest BCUT2D eigenvalue weighted by atomic mass is 10.0. The standard InChI is InChI=1S/C15H11NO2/c16-9-8-11-4-6-12(7-5-11)13-2-1-3-14-15(13)18-10-17-14/h1-7H,8,10H2. The highest BCUT2D eigenvalue weighted by atomic mass is 16.7. The summed E-state index contributed by atoms with van der Waals surface area (Å²) < 4.78 is 10.8. The van der Waals surface area contributed by atoms with Gasteiger partial charge in [0.05, 0.1) is 12.5 Å². The summed E-state index contributed by atoms with van der Waals surface area (Å²) in [7, 11) is 0. The van der Waals surface area contributed by atoms with Crippen LogP contribution in [0.3, 0.4) is 0 Å². The quantitative estimate of drug-likeness (QED) is 0.805. The largest absolute Gasteiger partial charge is 0.454 e. The van der Waals surface area contributed by atoms with Crippen LogP contribution in [0.15, 0.2) is 42.5 Å². The number of rotatable bonds is 2. The Morgan fingerprint density at radius 1 is 1.06 bits per heavy atom. The molecule has 0 spiro atoms. The van der Waals surface area contributed by atoms with E-state index >= 15 is 0 Å². The molecule has 2 aromatic carbocycles. The summed E-state index contributed by atoms with van der Waals surface area (Å²) in [5, 5.41) is 8.65. The molecule has 0 amide bonds. The zero-order chi connectivity index (χ0) is 12.4. The maximum absolute atomic E-state index is 8.65. The van der Waals surface area contributed by atoms with E-state index in [4.69, 9.17) is 14.7 Å². The molecular weight excluding hydrogens is 226 g/mol. The molecular formula is C15H11NO2. The molecule has 3 heteroatoms. The van der Waals surface area contributed by atoms with E-state index in [-0.39, 0.29) is 6.79 Å². The van der Waals surface area contributed by atoms with Gasteiger partial charge in [0.2, 0.25) is 6.79 Å².